The summed E-state index contributed by atoms with van der Waals surface area (Å²) in [5.41, 5.74) is 0.993. The predicted octanol–water partition coefficient (Wildman–Crippen LogP) is 6.62. The second-order valence-corrected chi connectivity index (χ2v) is 8.79. The maximum atomic E-state index is 13.6. The fraction of sp³-hybridized carbons (Fsp3) is 0.538. The summed E-state index contributed by atoms with van der Waals surface area (Å²) in [6, 6.07) is 16.1. The molecule has 0 N–H and O–H groups in total. The minimum atomic E-state index is -0.549. The number of hydrogen-bond acceptors (Lipinski definition) is 3. The Balaban J connectivity index is 1.72. The molecule has 2 aromatic carbocycles. The summed E-state index contributed by atoms with van der Waals surface area (Å²) in [6.45, 7) is 9.88. The van der Waals surface area contributed by atoms with Gasteiger partial charge in [0.25, 0.3) is 0 Å². The van der Waals surface area contributed by atoms with Crippen LogP contribution in [0.1, 0.15) is 77.3 Å². The van der Waals surface area contributed by atoms with Gasteiger partial charge in [0.15, 0.2) is 0 Å². The lowest BCUT2D eigenvalue weighted by Gasteiger charge is -2.37. The molecule has 1 aliphatic rings. The third kappa shape index (κ3) is 4.65. The van der Waals surface area contributed by atoms with Crippen LogP contribution >= 0.6 is 0 Å². The highest BCUT2D eigenvalue weighted by Crippen LogP contribution is 2.51. The molecule has 1 fully saturated rings. The van der Waals surface area contributed by atoms with Crippen LogP contribution in [0.5, 0.6) is 11.5 Å². The third-order valence-corrected chi connectivity index (χ3v) is 6.48. The van der Waals surface area contributed by atoms with Crippen LogP contribution in [0.4, 0.5) is 0 Å². The molecular weight excluding hydrogens is 374 g/mol. The molecule has 1 heterocycles. The van der Waals surface area contributed by atoms with Crippen LogP contribution in [0.15, 0.2) is 48.5 Å². The number of unbranched alkanes of at least 4 members (excludes halogenated alkanes) is 2. The minimum Gasteiger partial charge on any atom is -0.494 e. The number of benzene rings is 2. The van der Waals surface area contributed by atoms with Crippen LogP contribution in [0.25, 0.3) is 0 Å². The van der Waals surface area contributed by atoms with Gasteiger partial charge in [0.2, 0.25) is 0 Å². The molecule has 0 aliphatic carbocycles. The smallest absolute Gasteiger partial charge is 0.119 e. The quantitative estimate of drug-likeness (QED) is 0.414. The van der Waals surface area contributed by atoms with E-state index in [-0.39, 0.29) is 0 Å². The fourth-order valence-corrected chi connectivity index (χ4v) is 4.25. The Morgan fingerprint density at radius 3 is 1.43 bits per heavy atom. The van der Waals surface area contributed by atoms with E-state index in [0.717, 1.165) is 74.4 Å². The molecule has 4 heteroatoms. The van der Waals surface area contributed by atoms with E-state index in [4.69, 9.17) is 9.47 Å². The highest BCUT2D eigenvalue weighted by atomic mass is 16.5. The summed E-state index contributed by atoms with van der Waals surface area (Å²) in [6.07, 6.45) is 5.97. The normalized spacial score (nSPS) is 24.2. The molecule has 2 atom stereocenters. The first-order valence-electron chi connectivity index (χ1n) is 11.4. The predicted molar refractivity (Wildman–Crippen MR) is 120 cm³/mol. The first-order chi connectivity index (χ1) is 14.4. The fourth-order valence-electron chi connectivity index (χ4n) is 4.25. The maximum absolute atomic E-state index is 13.6. The Labute approximate surface area is 181 Å². The molecular formula is C26H36NO3. The molecule has 2 aromatic rings. The van der Waals surface area contributed by atoms with Crippen LogP contribution in [-0.2, 0) is 16.3 Å². The zero-order chi connectivity index (χ0) is 21.6. The molecule has 0 aromatic heterocycles. The van der Waals surface area contributed by atoms with E-state index in [2.05, 4.69) is 27.7 Å². The molecule has 30 heavy (non-hydrogen) atoms. The summed E-state index contributed by atoms with van der Waals surface area (Å²) in [5.74, 6) is 1.74. The van der Waals surface area contributed by atoms with Gasteiger partial charge in [-0.15, -0.1) is 10.3 Å². The average molecular weight is 411 g/mol. The van der Waals surface area contributed by atoms with E-state index in [1.54, 1.807) is 0 Å². The van der Waals surface area contributed by atoms with Crippen molar-refractivity contribution >= 4 is 0 Å². The van der Waals surface area contributed by atoms with E-state index in [1.165, 1.54) is 5.06 Å². The molecule has 3 rings (SSSR count). The topological polar surface area (TPSA) is 41.6 Å². The molecule has 1 aliphatic heterocycles. The van der Waals surface area contributed by atoms with Gasteiger partial charge in [-0.3, -0.25) is 0 Å². The maximum Gasteiger partial charge on any atom is 0.119 e. The van der Waals surface area contributed by atoms with Crippen LogP contribution in [0.3, 0.4) is 0 Å². The van der Waals surface area contributed by atoms with Gasteiger partial charge in [-0.1, -0.05) is 51.0 Å². The van der Waals surface area contributed by atoms with E-state index in [1.807, 2.05) is 48.5 Å². The van der Waals surface area contributed by atoms with Gasteiger partial charge >= 0.3 is 0 Å². The second-order valence-electron chi connectivity index (χ2n) is 8.79. The first kappa shape index (κ1) is 22.6. The van der Waals surface area contributed by atoms with Gasteiger partial charge in [0.1, 0.15) is 11.5 Å². The number of rotatable bonds is 10. The van der Waals surface area contributed by atoms with E-state index >= 15 is 0 Å². The summed E-state index contributed by atoms with van der Waals surface area (Å²) in [7, 11) is 0. The standard InChI is InChI=1S/C26H36NO3/c1-5-7-19-29-23-13-9-21(10-14-23)25(3)17-18-26(4,27(25)28)22-11-15-24(16-12-22)30-20-8-6-2/h9-16H,5-8,17-20H2,1-4H3/t25-,26-/m1/s1. The van der Waals surface area contributed by atoms with Crippen molar-refractivity contribution in [2.75, 3.05) is 13.2 Å². The third-order valence-electron chi connectivity index (χ3n) is 6.48. The van der Waals surface area contributed by atoms with Crippen molar-refractivity contribution in [1.29, 1.82) is 0 Å². The number of hydrogen-bond donors (Lipinski definition) is 0. The average Bonchev–Trinajstić information content (AvgIpc) is 3.01. The lowest BCUT2D eigenvalue weighted by atomic mass is 9.89. The van der Waals surface area contributed by atoms with Crippen LogP contribution in [-0.4, -0.2) is 18.3 Å². The molecule has 0 bridgehead atoms. The summed E-state index contributed by atoms with van der Waals surface area (Å²) < 4.78 is 11.6. The summed E-state index contributed by atoms with van der Waals surface area (Å²) in [5, 5.41) is 14.9. The van der Waals surface area contributed by atoms with E-state index in [0.29, 0.717) is 0 Å². The Bertz CT molecular complexity index is 721. The van der Waals surface area contributed by atoms with E-state index in [9.17, 15) is 5.21 Å². The van der Waals surface area contributed by atoms with Gasteiger partial charge in [0, 0.05) is 0 Å². The van der Waals surface area contributed by atoms with Crippen molar-refractivity contribution in [3.05, 3.63) is 59.7 Å². The molecule has 0 spiro atoms. The highest BCUT2D eigenvalue weighted by molar-refractivity contribution is 5.36. The van der Waals surface area contributed by atoms with E-state index < -0.39 is 11.1 Å². The van der Waals surface area contributed by atoms with Gasteiger partial charge in [-0.2, -0.15) is 0 Å². The van der Waals surface area contributed by atoms with Crippen molar-refractivity contribution in [2.24, 2.45) is 0 Å². The second kappa shape index (κ2) is 9.84. The SMILES string of the molecule is CCCCOc1ccc([C@@]2(C)CC[C@](C)(c3ccc(OCCCC)cc3)N2[O])cc1. The summed E-state index contributed by atoms with van der Waals surface area (Å²) >= 11 is 0. The van der Waals surface area contributed by atoms with Crippen molar-refractivity contribution < 1.29 is 14.7 Å². The molecule has 1 radical (unpaired) electrons. The molecule has 163 valence electrons. The number of hydroxylamine groups is 2. The zero-order valence-electron chi connectivity index (χ0n) is 18.9. The Morgan fingerprint density at radius 2 is 1.10 bits per heavy atom. The van der Waals surface area contributed by atoms with Crippen molar-refractivity contribution in [3.63, 3.8) is 0 Å². The first-order valence-corrected chi connectivity index (χ1v) is 11.4. The van der Waals surface area contributed by atoms with Crippen molar-refractivity contribution in [1.82, 2.24) is 5.06 Å². The number of ether oxygens (including phenoxy) is 2. The van der Waals surface area contributed by atoms with Crippen molar-refractivity contribution in [2.45, 2.75) is 77.3 Å². The Morgan fingerprint density at radius 1 is 0.733 bits per heavy atom. The monoisotopic (exact) mass is 410 g/mol. The van der Waals surface area contributed by atoms with Gasteiger partial charge in [0.05, 0.1) is 24.3 Å². The highest BCUT2D eigenvalue weighted by Gasteiger charge is 2.52. The largest absolute Gasteiger partial charge is 0.494 e. The molecule has 1 saturated heterocycles. The summed E-state index contributed by atoms with van der Waals surface area (Å²) in [4.78, 5) is 0. The molecule has 0 amide bonds. The Hall–Kier alpha value is -2.04. The number of nitrogens with zero attached hydrogens (tertiary/aromatic N) is 1. The zero-order valence-corrected chi connectivity index (χ0v) is 18.9. The minimum absolute atomic E-state index is 0.549. The van der Waals surface area contributed by atoms with Gasteiger partial charge in [-0.05, 0) is 74.9 Å². The Kier molecular flexibility index (Phi) is 7.43. The van der Waals surface area contributed by atoms with Crippen LogP contribution in [0.2, 0.25) is 0 Å². The lowest BCUT2D eigenvalue weighted by Crippen LogP contribution is -2.44. The van der Waals surface area contributed by atoms with Gasteiger partial charge in [-0.25, -0.2) is 0 Å². The lowest BCUT2D eigenvalue weighted by molar-refractivity contribution is -0.260. The molecule has 0 saturated carbocycles. The van der Waals surface area contributed by atoms with Crippen LogP contribution < -0.4 is 9.47 Å². The van der Waals surface area contributed by atoms with Crippen LogP contribution in [0, 0.1) is 0 Å². The molecule has 4 nitrogen and oxygen atoms in total. The molecule has 0 unspecified atom stereocenters. The van der Waals surface area contributed by atoms with Gasteiger partial charge < -0.3 is 9.47 Å². The van der Waals surface area contributed by atoms with Crippen molar-refractivity contribution in [3.8, 4) is 11.5 Å².